The van der Waals surface area contributed by atoms with Gasteiger partial charge in [0.15, 0.2) is 9.76 Å². The van der Waals surface area contributed by atoms with Crippen molar-refractivity contribution in [1.29, 1.82) is 0 Å². The molecule has 0 bridgehead atoms. The van der Waals surface area contributed by atoms with Crippen LogP contribution < -0.4 is 5.19 Å². The molecule has 14 heteroatoms. The smallest absolute Gasteiger partial charge is 0.379 e. The summed E-state index contributed by atoms with van der Waals surface area (Å²) in [4.78, 5) is 0. The van der Waals surface area contributed by atoms with Gasteiger partial charge in [-0.3, -0.25) is 0 Å². The largest absolute Gasteiger partial charge is 0.483 e. The molecule has 0 saturated carbocycles. The topological polar surface area (TPSA) is 55.4 Å². The molecule has 0 amide bonds. The number of benzene rings is 2. The van der Waals surface area contributed by atoms with E-state index < -0.39 is 49.2 Å². The van der Waals surface area contributed by atoms with E-state index >= 15 is 0 Å². The Morgan fingerprint density at radius 3 is 1.62 bits per heavy atom. The summed E-state index contributed by atoms with van der Waals surface area (Å²) in [5.74, 6) is 0. The van der Waals surface area contributed by atoms with E-state index in [0.29, 0.717) is 26.2 Å². The maximum atomic E-state index is 12.4. The molecule has 0 unspecified atom stereocenters. The molecule has 0 saturated heterocycles. The van der Waals surface area contributed by atoms with Crippen LogP contribution in [0.25, 0.3) is 0 Å². The molecule has 2 aromatic rings. The summed E-state index contributed by atoms with van der Waals surface area (Å²) in [6, 6.07) is 10.0. The number of hydrogen-bond acceptors (Lipinski definition) is 6. The Balaban J connectivity index is 0.000000371. The fraction of sp³-hybridized carbons (Fsp3) is 0.478. The summed E-state index contributed by atoms with van der Waals surface area (Å²) in [5.41, 5.74) is -0.521. The van der Waals surface area contributed by atoms with Crippen LogP contribution in [0.1, 0.15) is 30.5 Å². The maximum absolute atomic E-state index is 12.4. The average Bonchev–Trinajstić information content (AvgIpc) is 2.85. The number of halogens is 6. The Hall–Kier alpha value is -1.79. The Morgan fingerprint density at radius 2 is 1.22 bits per heavy atom. The quantitative estimate of drug-likeness (QED) is 0.204. The lowest BCUT2D eigenvalue weighted by atomic mass is 10.1. The molecule has 0 aliphatic heterocycles. The summed E-state index contributed by atoms with van der Waals surface area (Å²) in [5, 5.41) is 0.761. The molecule has 0 aliphatic carbocycles. The van der Waals surface area contributed by atoms with Crippen LogP contribution in [0.5, 0.6) is 0 Å². The summed E-state index contributed by atoms with van der Waals surface area (Å²) < 4.78 is 105. The molecule has 0 fully saturated rings. The summed E-state index contributed by atoms with van der Waals surface area (Å²) >= 11 is 0. The lowest BCUT2D eigenvalue weighted by Crippen LogP contribution is -2.28. The van der Waals surface area contributed by atoms with Gasteiger partial charge in [-0.2, -0.15) is 26.3 Å². The van der Waals surface area contributed by atoms with E-state index in [4.69, 9.17) is 27.2 Å². The van der Waals surface area contributed by atoms with Crippen LogP contribution in [0.2, 0.25) is 0 Å². The van der Waals surface area contributed by atoms with Gasteiger partial charge in [-0.25, -0.2) is 0 Å². The predicted molar refractivity (Wildman–Crippen MR) is 130 cm³/mol. The van der Waals surface area contributed by atoms with Crippen LogP contribution in [0.4, 0.5) is 26.3 Å². The van der Waals surface area contributed by atoms with Gasteiger partial charge in [-0.05, 0) is 43.2 Å². The molecule has 0 spiro atoms. The highest BCUT2D eigenvalue weighted by molar-refractivity contribution is 6.46. The number of hydrogen-bond donors (Lipinski definition) is 0. The minimum atomic E-state index is -4.31. The van der Waals surface area contributed by atoms with E-state index in [1.807, 2.05) is 13.8 Å². The van der Waals surface area contributed by atoms with Crippen LogP contribution in [-0.4, -0.2) is 59.8 Å². The molecule has 0 atom stereocenters. The van der Waals surface area contributed by atoms with Gasteiger partial charge in [0, 0.05) is 34.0 Å². The van der Waals surface area contributed by atoms with Crippen molar-refractivity contribution in [3.05, 3.63) is 65.2 Å². The van der Waals surface area contributed by atoms with E-state index in [9.17, 15) is 26.3 Å². The third-order valence-electron chi connectivity index (χ3n) is 4.58. The standard InChI is InChI=1S/C12H17F3O3Si.C11H15F3O3Si/c1-3-16-11(17-4-2)18-19-10-7-5-9(6-8-10)12(13,14)15;1-15-18(16-2)17-8-7-9-3-5-10(6-4-9)11(12,13)14/h5-8,11H,3-4,19H2,1-2H3;3-6,18H,7-8H2,1-2H3. The third-order valence-corrected chi connectivity index (χ3v) is 7.10. The second-order valence-corrected chi connectivity index (χ2v) is 10.6. The van der Waals surface area contributed by atoms with Crippen LogP contribution in [0.3, 0.4) is 0 Å². The predicted octanol–water partition coefficient (Wildman–Crippen LogP) is 4.06. The zero-order valence-corrected chi connectivity index (χ0v) is 23.6. The fourth-order valence-corrected chi connectivity index (χ4v) is 4.46. The van der Waals surface area contributed by atoms with Crippen molar-refractivity contribution in [3.8, 4) is 0 Å². The molecule has 0 N–H and O–H groups in total. The summed E-state index contributed by atoms with van der Waals surface area (Å²) in [7, 11) is -0.230. The van der Waals surface area contributed by atoms with Gasteiger partial charge in [0.25, 0.3) is 6.48 Å². The Morgan fingerprint density at radius 1 is 0.757 bits per heavy atom. The molecule has 0 aromatic heterocycles. The Labute approximate surface area is 216 Å². The van der Waals surface area contributed by atoms with Gasteiger partial charge < -0.3 is 27.2 Å². The molecule has 2 rings (SSSR count). The van der Waals surface area contributed by atoms with Crippen molar-refractivity contribution in [3.63, 3.8) is 0 Å². The normalized spacial score (nSPS) is 12.4. The second kappa shape index (κ2) is 16.9. The van der Waals surface area contributed by atoms with E-state index in [0.717, 1.165) is 35.0 Å². The molecule has 210 valence electrons. The lowest BCUT2D eigenvalue weighted by Gasteiger charge is -2.17. The highest BCUT2D eigenvalue weighted by atomic mass is 28.3. The third kappa shape index (κ3) is 13.5. The monoisotopic (exact) mass is 574 g/mol. The second-order valence-electron chi connectivity index (χ2n) is 7.28. The van der Waals surface area contributed by atoms with Gasteiger partial charge in [0.2, 0.25) is 0 Å². The van der Waals surface area contributed by atoms with Gasteiger partial charge in [-0.1, -0.05) is 36.4 Å². The van der Waals surface area contributed by atoms with Crippen molar-refractivity contribution in [2.45, 2.75) is 39.1 Å². The van der Waals surface area contributed by atoms with Gasteiger partial charge in [-0.15, -0.1) is 0 Å². The molecule has 37 heavy (non-hydrogen) atoms. The summed E-state index contributed by atoms with van der Waals surface area (Å²) in [6.45, 7) is 4.16. The average molecular weight is 575 g/mol. The van der Waals surface area contributed by atoms with Crippen molar-refractivity contribution in [2.24, 2.45) is 0 Å². The van der Waals surface area contributed by atoms with Crippen LogP contribution in [0.15, 0.2) is 48.5 Å². The highest BCUT2D eigenvalue weighted by Crippen LogP contribution is 2.29. The molecule has 0 heterocycles. The molecular weight excluding hydrogens is 542 g/mol. The SMILES string of the molecule is CCOC(OCC)O[SiH2]c1ccc(C(F)(F)F)cc1.CO[SiH](OC)OCCc1ccc(C(F)(F)F)cc1. The fourth-order valence-electron chi connectivity index (χ4n) is 2.74. The highest BCUT2D eigenvalue weighted by Gasteiger charge is 2.30. The Kier molecular flexibility index (Phi) is 15.2. The van der Waals surface area contributed by atoms with Gasteiger partial charge in [0.1, 0.15) is 0 Å². The molecule has 6 nitrogen and oxygen atoms in total. The lowest BCUT2D eigenvalue weighted by molar-refractivity contribution is -0.242. The first kappa shape index (κ1) is 33.2. The van der Waals surface area contributed by atoms with Crippen molar-refractivity contribution in [2.75, 3.05) is 34.0 Å². The van der Waals surface area contributed by atoms with Crippen LogP contribution >= 0.6 is 0 Å². The van der Waals surface area contributed by atoms with Crippen molar-refractivity contribution in [1.82, 2.24) is 0 Å². The zero-order valence-electron chi connectivity index (χ0n) is 21.0. The zero-order chi connectivity index (χ0) is 27.9. The minimum absolute atomic E-state index is 0.365. The molecule has 2 aromatic carbocycles. The van der Waals surface area contributed by atoms with E-state index in [2.05, 4.69) is 0 Å². The first-order valence-electron chi connectivity index (χ1n) is 11.3. The maximum Gasteiger partial charge on any atom is 0.483 e. The van der Waals surface area contributed by atoms with Gasteiger partial charge in [0.05, 0.1) is 11.1 Å². The van der Waals surface area contributed by atoms with E-state index in [1.54, 1.807) is 0 Å². The molecular formula is C23H32F6O6Si2. The molecule has 0 radical (unpaired) electrons. The number of rotatable bonds is 13. The van der Waals surface area contributed by atoms with Crippen molar-refractivity contribution < 1.29 is 53.5 Å². The number of ether oxygens (including phenoxy) is 2. The van der Waals surface area contributed by atoms with Crippen LogP contribution in [0, 0.1) is 0 Å². The first-order valence-corrected chi connectivity index (χ1v) is 14.0. The van der Waals surface area contributed by atoms with Crippen molar-refractivity contribution >= 4 is 24.5 Å². The van der Waals surface area contributed by atoms with Gasteiger partial charge >= 0.3 is 21.9 Å². The number of alkyl halides is 6. The molecule has 0 aliphatic rings. The van der Waals surface area contributed by atoms with E-state index in [1.165, 1.54) is 38.5 Å². The Bertz CT molecular complexity index is 856. The summed E-state index contributed by atoms with van der Waals surface area (Å²) in [6.07, 6.45) is -8.08. The first-order chi connectivity index (χ1) is 17.4. The van der Waals surface area contributed by atoms with Crippen LogP contribution in [-0.2, 0) is 46.0 Å². The minimum Gasteiger partial charge on any atom is -0.379 e. The van der Waals surface area contributed by atoms with E-state index in [-0.39, 0.29) is 0 Å².